The number of aryl methyl sites for hydroxylation is 1. The third-order valence-electron chi connectivity index (χ3n) is 4.06. The van der Waals surface area contributed by atoms with Crippen LogP contribution in [0.15, 0.2) is 53.5 Å². The van der Waals surface area contributed by atoms with Crippen molar-refractivity contribution < 1.29 is 13.2 Å². The maximum Gasteiger partial charge on any atom is 0.416 e. The Morgan fingerprint density at radius 1 is 1.25 bits per heavy atom. The van der Waals surface area contributed by atoms with Crippen LogP contribution in [0.1, 0.15) is 29.3 Å². The Hall–Kier alpha value is -2.06. The highest BCUT2D eigenvalue weighted by molar-refractivity contribution is 7.98. The number of halogens is 3. The first-order valence-corrected chi connectivity index (χ1v) is 10.7. The van der Waals surface area contributed by atoms with E-state index < -0.39 is 11.7 Å². The summed E-state index contributed by atoms with van der Waals surface area (Å²) in [6, 6.07) is 7.50. The van der Waals surface area contributed by atoms with Crippen molar-refractivity contribution in [2.45, 2.75) is 43.4 Å². The first-order chi connectivity index (χ1) is 13.4. The lowest BCUT2D eigenvalue weighted by Gasteiger charge is -2.09. The van der Waals surface area contributed by atoms with Gasteiger partial charge in [0.25, 0.3) is 0 Å². The average Bonchev–Trinajstić information content (AvgIpc) is 3.27. The number of alkyl halides is 3. The molecule has 0 radical (unpaired) electrons. The van der Waals surface area contributed by atoms with Gasteiger partial charge in [0.05, 0.1) is 5.56 Å². The number of benzene rings is 1. The summed E-state index contributed by atoms with van der Waals surface area (Å²) in [5.41, 5.74) is 0.963. The third-order valence-corrected chi connectivity index (χ3v) is 6.09. The molecule has 0 aliphatic heterocycles. The van der Waals surface area contributed by atoms with Gasteiger partial charge in [0.15, 0.2) is 11.0 Å². The van der Waals surface area contributed by atoms with Crippen LogP contribution in [-0.4, -0.2) is 14.8 Å². The number of hydrogen-bond donors (Lipinski definition) is 0. The van der Waals surface area contributed by atoms with E-state index in [4.69, 9.17) is 0 Å². The van der Waals surface area contributed by atoms with Crippen molar-refractivity contribution in [1.82, 2.24) is 14.8 Å². The highest BCUT2D eigenvalue weighted by atomic mass is 32.2. The number of rotatable bonds is 8. The second-order valence-electron chi connectivity index (χ2n) is 6.24. The smallest absolute Gasteiger partial charge is 0.298 e. The molecule has 2 aromatic heterocycles. The van der Waals surface area contributed by atoms with Gasteiger partial charge in [-0.3, -0.25) is 4.57 Å². The molecule has 0 aliphatic carbocycles. The number of thioether (sulfide) groups is 1. The predicted octanol–water partition coefficient (Wildman–Crippen LogP) is 6.46. The molecular weight excluding hydrogens is 403 g/mol. The molecule has 1 aromatic carbocycles. The fraction of sp³-hybridized carbons (Fsp3) is 0.300. The van der Waals surface area contributed by atoms with Crippen LogP contribution in [0.2, 0.25) is 0 Å². The van der Waals surface area contributed by atoms with Crippen LogP contribution in [0.3, 0.4) is 0 Å². The van der Waals surface area contributed by atoms with E-state index in [1.54, 1.807) is 23.5 Å². The number of thiophene rings is 1. The van der Waals surface area contributed by atoms with Crippen LogP contribution in [0.4, 0.5) is 13.2 Å². The van der Waals surface area contributed by atoms with E-state index in [-0.39, 0.29) is 0 Å². The van der Waals surface area contributed by atoms with E-state index >= 15 is 0 Å². The molecule has 0 saturated heterocycles. The summed E-state index contributed by atoms with van der Waals surface area (Å²) in [6.07, 6.45) is -0.471. The summed E-state index contributed by atoms with van der Waals surface area (Å²) in [6.45, 7) is 6.47. The first kappa shape index (κ1) is 20.7. The van der Waals surface area contributed by atoms with Gasteiger partial charge in [-0.25, -0.2) is 0 Å². The van der Waals surface area contributed by atoms with Crippen molar-refractivity contribution in [2.75, 3.05) is 0 Å². The zero-order valence-corrected chi connectivity index (χ0v) is 17.0. The zero-order chi connectivity index (χ0) is 20.1. The molecule has 0 spiro atoms. The van der Waals surface area contributed by atoms with E-state index in [1.165, 1.54) is 28.8 Å². The van der Waals surface area contributed by atoms with Crippen molar-refractivity contribution in [3.63, 3.8) is 0 Å². The minimum Gasteiger partial charge on any atom is -0.298 e. The molecule has 0 N–H and O–H groups in total. The minimum atomic E-state index is -4.34. The SMILES string of the molecule is C=CCn1c(SCc2cccc(C(F)(F)F)c2)nnc1-c1csc(CCC)c1. The number of hydrogen-bond acceptors (Lipinski definition) is 4. The lowest BCUT2D eigenvalue weighted by molar-refractivity contribution is -0.137. The second-order valence-corrected chi connectivity index (χ2v) is 8.18. The second kappa shape index (κ2) is 8.96. The highest BCUT2D eigenvalue weighted by Crippen LogP contribution is 2.32. The van der Waals surface area contributed by atoms with Gasteiger partial charge in [-0.05, 0) is 24.1 Å². The van der Waals surface area contributed by atoms with Crippen molar-refractivity contribution in [2.24, 2.45) is 0 Å². The van der Waals surface area contributed by atoms with E-state index in [0.717, 1.165) is 30.3 Å². The van der Waals surface area contributed by atoms with Crippen LogP contribution in [-0.2, 0) is 24.9 Å². The molecule has 3 aromatic rings. The molecule has 2 heterocycles. The van der Waals surface area contributed by atoms with Gasteiger partial charge in [-0.15, -0.1) is 28.1 Å². The molecule has 0 bridgehead atoms. The van der Waals surface area contributed by atoms with Crippen LogP contribution < -0.4 is 0 Å². The maximum atomic E-state index is 12.9. The van der Waals surface area contributed by atoms with E-state index in [9.17, 15) is 13.2 Å². The normalized spacial score (nSPS) is 11.7. The summed E-state index contributed by atoms with van der Waals surface area (Å²) >= 11 is 3.07. The van der Waals surface area contributed by atoms with Gasteiger partial charge in [0.1, 0.15) is 0 Å². The average molecular weight is 424 g/mol. The zero-order valence-electron chi connectivity index (χ0n) is 15.4. The minimum absolute atomic E-state index is 0.379. The van der Waals surface area contributed by atoms with Crippen LogP contribution >= 0.6 is 23.1 Å². The molecule has 0 amide bonds. The van der Waals surface area contributed by atoms with Crippen molar-refractivity contribution in [3.8, 4) is 11.4 Å². The molecule has 0 saturated carbocycles. The Kier molecular flexibility index (Phi) is 6.61. The summed E-state index contributed by atoms with van der Waals surface area (Å²) in [4.78, 5) is 1.30. The summed E-state index contributed by atoms with van der Waals surface area (Å²) in [5, 5.41) is 11.3. The number of aromatic nitrogens is 3. The van der Waals surface area contributed by atoms with Crippen LogP contribution in [0.25, 0.3) is 11.4 Å². The predicted molar refractivity (Wildman–Crippen MR) is 109 cm³/mol. The standard InChI is InChI=1S/C20H20F3N3S2/c1-3-6-17-11-15(13-27-17)18-24-25-19(26(18)9-4-2)28-12-14-7-5-8-16(10-14)20(21,22)23/h4-5,7-8,10-11,13H,2-3,6,9,12H2,1H3. The molecule has 148 valence electrons. The van der Waals surface area contributed by atoms with Crippen LogP contribution in [0.5, 0.6) is 0 Å². The summed E-state index contributed by atoms with van der Waals surface area (Å²) in [5.74, 6) is 1.13. The van der Waals surface area contributed by atoms with Gasteiger partial charge in [0.2, 0.25) is 0 Å². The van der Waals surface area contributed by atoms with Crippen LogP contribution in [0, 0.1) is 0 Å². The lowest BCUT2D eigenvalue weighted by atomic mass is 10.1. The van der Waals surface area contributed by atoms with Gasteiger partial charge in [-0.2, -0.15) is 13.2 Å². The fourth-order valence-electron chi connectivity index (χ4n) is 2.76. The molecule has 0 atom stereocenters. The molecule has 0 unspecified atom stereocenters. The van der Waals surface area contributed by atoms with Crippen molar-refractivity contribution in [1.29, 1.82) is 0 Å². The first-order valence-electron chi connectivity index (χ1n) is 8.83. The Labute approximate surface area is 170 Å². The maximum absolute atomic E-state index is 12.9. The Bertz CT molecular complexity index is 944. The molecule has 0 fully saturated rings. The summed E-state index contributed by atoms with van der Waals surface area (Å²) < 4.78 is 40.6. The molecule has 28 heavy (non-hydrogen) atoms. The monoisotopic (exact) mass is 423 g/mol. The third kappa shape index (κ3) is 4.86. The Morgan fingerprint density at radius 2 is 2.07 bits per heavy atom. The quantitative estimate of drug-likeness (QED) is 0.308. The number of allylic oxidation sites excluding steroid dienone is 1. The molecule has 0 aliphatic rings. The van der Waals surface area contributed by atoms with E-state index in [2.05, 4.69) is 35.1 Å². The van der Waals surface area contributed by atoms with Gasteiger partial charge in [-0.1, -0.05) is 49.4 Å². The van der Waals surface area contributed by atoms with Gasteiger partial charge >= 0.3 is 6.18 Å². The largest absolute Gasteiger partial charge is 0.416 e. The molecule has 3 rings (SSSR count). The Morgan fingerprint density at radius 3 is 2.79 bits per heavy atom. The van der Waals surface area contributed by atoms with Gasteiger partial charge < -0.3 is 0 Å². The topological polar surface area (TPSA) is 30.7 Å². The van der Waals surface area contributed by atoms with E-state index in [1.807, 2.05) is 4.57 Å². The van der Waals surface area contributed by atoms with Gasteiger partial charge in [0, 0.05) is 28.1 Å². The van der Waals surface area contributed by atoms with Crippen molar-refractivity contribution >= 4 is 23.1 Å². The van der Waals surface area contributed by atoms with E-state index in [0.29, 0.717) is 23.0 Å². The summed E-state index contributed by atoms with van der Waals surface area (Å²) in [7, 11) is 0. The molecule has 3 nitrogen and oxygen atoms in total. The lowest BCUT2D eigenvalue weighted by Crippen LogP contribution is -2.05. The molecule has 8 heteroatoms. The van der Waals surface area contributed by atoms with Crippen molar-refractivity contribution in [3.05, 3.63) is 64.4 Å². The number of nitrogens with zero attached hydrogens (tertiary/aromatic N) is 3. The highest BCUT2D eigenvalue weighted by Gasteiger charge is 2.30. The fourth-order valence-corrected chi connectivity index (χ4v) is 4.62. The molecular formula is C20H20F3N3S2. The Balaban J connectivity index is 1.81.